The minimum atomic E-state index is -0.203. The van der Waals surface area contributed by atoms with Gasteiger partial charge in [-0.3, -0.25) is 0 Å². The van der Waals surface area contributed by atoms with E-state index in [-0.39, 0.29) is 11.8 Å². The lowest BCUT2D eigenvalue weighted by atomic mass is 9.99. The van der Waals surface area contributed by atoms with Gasteiger partial charge in [-0.1, -0.05) is 24.3 Å². The molecule has 0 unspecified atom stereocenters. The van der Waals surface area contributed by atoms with Crippen LogP contribution in [0.1, 0.15) is 33.4 Å². The molecule has 5 heteroatoms. The van der Waals surface area contributed by atoms with Crippen molar-refractivity contribution in [2.45, 2.75) is 26.8 Å². The molecule has 136 valence electrons. The SMILES string of the molecule is Cc1cccc(N[C@H](c2ccc3ccc(C)nc3c2O)c2sccc2C)n1. The van der Waals surface area contributed by atoms with Gasteiger partial charge in [0.1, 0.15) is 17.1 Å². The summed E-state index contributed by atoms with van der Waals surface area (Å²) in [5, 5.41) is 17.6. The highest BCUT2D eigenvalue weighted by Gasteiger charge is 2.23. The molecule has 0 fully saturated rings. The number of hydrogen-bond donors (Lipinski definition) is 2. The zero-order valence-electron chi connectivity index (χ0n) is 15.5. The van der Waals surface area contributed by atoms with Gasteiger partial charge in [-0.15, -0.1) is 11.3 Å². The minimum absolute atomic E-state index is 0.203. The zero-order chi connectivity index (χ0) is 19.0. The van der Waals surface area contributed by atoms with Gasteiger partial charge in [0.25, 0.3) is 0 Å². The van der Waals surface area contributed by atoms with Gasteiger partial charge in [0.15, 0.2) is 0 Å². The molecule has 0 aliphatic carbocycles. The number of aromatic hydroxyl groups is 1. The van der Waals surface area contributed by atoms with Crippen molar-refractivity contribution >= 4 is 28.1 Å². The molecule has 2 N–H and O–H groups in total. The Morgan fingerprint density at radius 2 is 1.70 bits per heavy atom. The lowest BCUT2D eigenvalue weighted by molar-refractivity contribution is 0.472. The average molecular weight is 375 g/mol. The molecule has 0 spiro atoms. The number of anilines is 1. The van der Waals surface area contributed by atoms with Gasteiger partial charge in [0.05, 0.1) is 6.04 Å². The predicted molar refractivity (Wildman–Crippen MR) is 112 cm³/mol. The van der Waals surface area contributed by atoms with E-state index in [9.17, 15) is 5.11 Å². The molecule has 0 aliphatic heterocycles. The molecule has 0 radical (unpaired) electrons. The van der Waals surface area contributed by atoms with Crippen molar-refractivity contribution in [1.82, 2.24) is 9.97 Å². The van der Waals surface area contributed by atoms with Crippen LogP contribution in [0.15, 0.2) is 53.9 Å². The van der Waals surface area contributed by atoms with Crippen molar-refractivity contribution in [3.05, 3.63) is 81.3 Å². The van der Waals surface area contributed by atoms with Crippen LogP contribution >= 0.6 is 11.3 Å². The van der Waals surface area contributed by atoms with Crippen LogP contribution in [0.4, 0.5) is 5.82 Å². The quantitative estimate of drug-likeness (QED) is 0.493. The van der Waals surface area contributed by atoms with Crippen molar-refractivity contribution in [1.29, 1.82) is 0 Å². The van der Waals surface area contributed by atoms with Gasteiger partial charge in [-0.2, -0.15) is 0 Å². The molecule has 3 aromatic heterocycles. The average Bonchev–Trinajstić information content (AvgIpc) is 3.07. The van der Waals surface area contributed by atoms with Gasteiger partial charge in [0.2, 0.25) is 0 Å². The first-order chi connectivity index (χ1) is 13.0. The van der Waals surface area contributed by atoms with Gasteiger partial charge >= 0.3 is 0 Å². The summed E-state index contributed by atoms with van der Waals surface area (Å²) in [5.74, 6) is 0.999. The van der Waals surface area contributed by atoms with Gasteiger partial charge in [0, 0.05) is 27.2 Å². The van der Waals surface area contributed by atoms with Crippen LogP contribution in [-0.4, -0.2) is 15.1 Å². The van der Waals surface area contributed by atoms with E-state index in [4.69, 9.17) is 0 Å². The number of benzene rings is 1. The molecule has 1 aromatic carbocycles. The van der Waals surface area contributed by atoms with Crippen LogP contribution < -0.4 is 5.32 Å². The summed E-state index contributed by atoms with van der Waals surface area (Å²) >= 11 is 1.67. The number of pyridine rings is 2. The number of phenolic OH excluding ortho intramolecular Hbond substituents is 1. The standard InChI is InChI=1S/C22H21N3OS/c1-13-11-12-27-22(13)20(25-18-6-4-5-14(2)23-18)17-10-9-16-8-7-15(3)24-19(16)21(17)26/h4-12,20,26H,1-3H3,(H,23,25)/t20-/m1/s1. The normalized spacial score (nSPS) is 12.3. The van der Waals surface area contributed by atoms with Crippen LogP contribution in [0.5, 0.6) is 5.75 Å². The van der Waals surface area contributed by atoms with E-state index in [2.05, 4.69) is 33.7 Å². The summed E-state index contributed by atoms with van der Waals surface area (Å²) in [5.41, 5.74) is 4.44. The summed E-state index contributed by atoms with van der Waals surface area (Å²) in [4.78, 5) is 10.3. The maximum Gasteiger partial charge on any atom is 0.147 e. The molecule has 1 atom stereocenters. The predicted octanol–water partition coefficient (Wildman–Crippen LogP) is 5.52. The van der Waals surface area contributed by atoms with E-state index in [0.717, 1.165) is 33.0 Å². The fraction of sp³-hybridized carbons (Fsp3) is 0.182. The maximum absolute atomic E-state index is 11.0. The summed E-state index contributed by atoms with van der Waals surface area (Å²) in [7, 11) is 0. The Hall–Kier alpha value is -2.92. The van der Waals surface area contributed by atoms with Crippen LogP contribution in [-0.2, 0) is 0 Å². The van der Waals surface area contributed by atoms with Crippen LogP contribution in [0.25, 0.3) is 10.9 Å². The molecule has 0 bridgehead atoms. The first-order valence-corrected chi connectivity index (χ1v) is 9.74. The third-order valence-electron chi connectivity index (χ3n) is 4.66. The third-order valence-corrected chi connectivity index (χ3v) is 5.75. The van der Waals surface area contributed by atoms with E-state index in [1.54, 1.807) is 11.3 Å². The van der Waals surface area contributed by atoms with E-state index >= 15 is 0 Å². The van der Waals surface area contributed by atoms with Crippen molar-refractivity contribution in [3.63, 3.8) is 0 Å². The van der Waals surface area contributed by atoms with Crippen molar-refractivity contribution < 1.29 is 5.11 Å². The number of rotatable bonds is 4. The van der Waals surface area contributed by atoms with Crippen molar-refractivity contribution in [3.8, 4) is 5.75 Å². The van der Waals surface area contributed by atoms with Gasteiger partial charge in [-0.25, -0.2) is 9.97 Å². The fourth-order valence-corrected chi connectivity index (χ4v) is 4.25. The molecule has 0 amide bonds. The summed E-state index contributed by atoms with van der Waals surface area (Å²) in [6, 6.07) is 15.7. The number of aromatic nitrogens is 2. The Balaban J connectivity index is 1.87. The largest absolute Gasteiger partial charge is 0.505 e. The first-order valence-electron chi connectivity index (χ1n) is 8.86. The van der Waals surface area contributed by atoms with Crippen molar-refractivity contribution in [2.24, 2.45) is 0 Å². The number of phenols is 1. The van der Waals surface area contributed by atoms with Crippen LogP contribution in [0.2, 0.25) is 0 Å². The Labute approximate surface area is 162 Å². The second kappa shape index (κ2) is 7.00. The number of fused-ring (bicyclic) bond motifs is 1. The van der Waals surface area contributed by atoms with Gasteiger partial charge in [-0.05, 0) is 56.0 Å². The molecule has 3 heterocycles. The Morgan fingerprint density at radius 3 is 2.44 bits per heavy atom. The lowest BCUT2D eigenvalue weighted by Gasteiger charge is -2.21. The van der Waals surface area contributed by atoms with Gasteiger partial charge < -0.3 is 10.4 Å². The molecule has 4 rings (SSSR count). The number of thiophene rings is 1. The maximum atomic E-state index is 11.0. The molecular formula is C22H21N3OS. The topological polar surface area (TPSA) is 58.0 Å². The number of hydrogen-bond acceptors (Lipinski definition) is 5. The second-order valence-electron chi connectivity index (χ2n) is 6.74. The third kappa shape index (κ3) is 3.38. The molecule has 4 nitrogen and oxygen atoms in total. The molecule has 0 aliphatic rings. The van der Waals surface area contributed by atoms with E-state index < -0.39 is 0 Å². The molecule has 4 aromatic rings. The zero-order valence-corrected chi connectivity index (χ0v) is 16.3. The fourth-order valence-electron chi connectivity index (χ4n) is 3.26. The molecule has 27 heavy (non-hydrogen) atoms. The molecule has 0 saturated carbocycles. The van der Waals surface area contributed by atoms with Crippen molar-refractivity contribution in [2.75, 3.05) is 5.32 Å². The Bertz CT molecular complexity index is 1120. The highest BCUT2D eigenvalue weighted by molar-refractivity contribution is 7.10. The number of nitrogens with zero attached hydrogens (tertiary/aromatic N) is 2. The first kappa shape index (κ1) is 17.5. The van der Waals surface area contributed by atoms with E-state index in [0.29, 0.717) is 5.52 Å². The van der Waals surface area contributed by atoms with E-state index in [1.807, 2.05) is 56.3 Å². The highest BCUT2D eigenvalue weighted by atomic mass is 32.1. The number of nitrogens with one attached hydrogen (secondary N) is 1. The lowest BCUT2D eigenvalue weighted by Crippen LogP contribution is -2.13. The summed E-state index contributed by atoms with van der Waals surface area (Å²) in [6.07, 6.45) is 0. The summed E-state index contributed by atoms with van der Waals surface area (Å²) in [6.45, 7) is 5.99. The second-order valence-corrected chi connectivity index (χ2v) is 7.68. The monoisotopic (exact) mass is 375 g/mol. The molecular weight excluding hydrogens is 354 g/mol. The smallest absolute Gasteiger partial charge is 0.147 e. The van der Waals surface area contributed by atoms with Crippen LogP contribution in [0, 0.1) is 20.8 Å². The summed E-state index contributed by atoms with van der Waals surface area (Å²) < 4.78 is 0. The Morgan fingerprint density at radius 1 is 0.926 bits per heavy atom. The van der Waals surface area contributed by atoms with E-state index in [1.165, 1.54) is 5.56 Å². The highest BCUT2D eigenvalue weighted by Crippen LogP contribution is 2.39. The van der Waals surface area contributed by atoms with Crippen LogP contribution in [0.3, 0.4) is 0 Å². The molecule has 0 saturated heterocycles. The number of aryl methyl sites for hydroxylation is 3. The minimum Gasteiger partial charge on any atom is -0.505 e. The Kier molecular flexibility index (Phi) is 4.54.